The van der Waals surface area contributed by atoms with E-state index in [0.717, 1.165) is 13.1 Å². The predicted octanol–water partition coefficient (Wildman–Crippen LogP) is 1.52. The van der Waals surface area contributed by atoms with E-state index < -0.39 is 0 Å². The number of aryl methyl sites for hydroxylation is 1. The molecule has 1 heterocycles. The summed E-state index contributed by atoms with van der Waals surface area (Å²) in [6.45, 7) is 4.06. The van der Waals surface area contributed by atoms with Crippen LogP contribution < -0.4 is 10.6 Å². The van der Waals surface area contributed by atoms with Crippen molar-refractivity contribution in [3.63, 3.8) is 0 Å². The SMILES string of the molecule is CC(CO)NCc1cccc2c1NCCC2. The van der Waals surface area contributed by atoms with Crippen molar-refractivity contribution in [3.05, 3.63) is 29.3 Å². The van der Waals surface area contributed by atoms with Crippen LogP contribution in [0.1, 0.15) is 24.5 Å². The van der Waals surface area contributed by atoms with E-state index in [-0.39, 0.29) is 12.6 Å². The van der Waals surface area contributed by atoms with Crippen LogP contribution in [-0.4, -0.2) is 24.3 Å². The molecule has 1 aromatic carbocycles. The van der Waals surface area contributed by atoms with Crippen LogP contribution in [0.25, 0.3) is 0 Å². The number of fused-ring (bicyclic) bond motifs is 1. The summed E-state index contributed by atoms with van der Waals surface area (Å²) in [7, 11) is 0. The van der Waals surface area contributed by atoms with Gasteiger partial charge in [-0.1, -0.05) is 18.2 Å². The summed E-state index contributed by atoms with van der Waals surface area (Å²) >= 11 is 0. The van der Waals surface area contributed by atoms with Crippen molar-refractivity contribution in [2.45, 2.75) is 32.4 Å². The van der Waals surface area contributed by atoms with Gasteiger partial charge in [0.2, 0.25) is 0 Å². The number of nitrogens with one attached hydrogen (secondary N) is 2. The molecule has 88 valence electrons. The third-order valence-corrected chi connectivity index (χ3v) is 3.08. The smallest absolute Gasteiger partial charge is 0.0582 e. The largest absolute Gasteiger partial charge is 0.395 e. The minimum atomic E-state index is 0.152. The lowest BCUT2D eigenvalue weighted by molar-refractivity contribution is 0.251. The van der Waals surface area contributed by atoms with Crippen LogP contribution in [0, 0.1) is 0 Å². The van der Waals surface area contributed by atoms with Crippen molar-refractivity contribution in [1.29, 1.82) is 0 Å². The maximum Gasteiger partial charge on any atom is 0.0582 e. The third-order valence-electron chi connectivity index (χ3n) is 3.08. The van der Waals surface area contributed by atoms with Gasteiger partial charge in [-0.05, 0) is 30.9 Å². The number of aliphatic hydroxyl groups excluding tert-OH is 1. The molecule has 3 nitrogen and oxygen atoms in total. The molecule has 16 heavy (non-hydrogen) atoms. The summed E-state index contributed by atoms with van der Waals surface area (Å²) < 4.78 is 0. The Morgan fingerprint density at radius 1 is 1.50 bits per heavy atom. The van der Waals surface area contributed by atoms with Crippen molar-refractivity contribution < 1.29 is 5.11 Å². The summed E-state index contributed by atoms with van der Waals surface area (Å²) in [4.78, 5) is 0. The van der Waals surface area contributed by atoms with Crippen molar-refractivity contribution in [1.82, 2.24) is 5.32 Å². The van der Waals surface area contributed by atoms with Crippen LogP contribution in [0.15, 0.2) is 18.2 Å². The molecule has 1 aromatic rings. The molecule has 0 aliphatic carbocycles. The molecule has 0 amide bonds. The Bertz CT molecular complexity index is 352. The highest BCUT2D eigenvalue weighted by molar-refractivity contribution is 5.59. The van der Waals surface area contributed by atoms with Crippen molar-refractivity contribution in [2.24, 2.45) is 0 Å². The fourth-order valence-electron chi connectivity index (χ4n) is 2.08. The molecule has 0 bridgehead atoms. The van der Waals surface area contributed by atoms with E-state index in [1.807, 2.05) is 6.92 Å². The Hall–Kier alpha value is -1.06. The van der Waals surface area contributed by atoms with Crippen LogP contribution in [0.3, 0.4) is 0 Å². The van der Waals surface area contributed by atoms with Crippen LogP contribution in [-0.2, 0) is 13.0 Å². The first-order chi connectivity index (χ1) is 7.81. The predicted molar refractivity (Wildman–Crippen MR) is 66.6 cm³/mol. The van der Waals surface area contributed by atoms with Gasteiger partial charge in [0.15, 0.2) is 0 Å². The molecule has 1 aliphatic heterocycles. The molecule has 1 unspecified atom stereocenters. The Labute approximate surface area is 96.9 Å². The number of benzene rings is 1. The van der Waals surface area contributed by atoms with Crippen LogP contribution in [0.2, 0.25) is 0 Å². The van der Waals surface area contributed by atoms with Gasteiger partial charge in [-0.25, -0.2) is 0 Å². The Morgan fingerprint density at radius 3 is 3.19 bits per heavy atom. The number of para-hydroxylation sites is 1. The van der Waals surface area contributed by atoms with Crippen molar-refractivity contribution >= 4 is 5.69 Å². The summed E-state index contributed by atoms with van der Waals surface area (Å²) in [5.74, 6) is 0. The lowest BCUT2D eigenvalue weighted by Gasteiger charge is -2.22. The number of rotatable bonds is 4. The minimum absolute atomic E-state index is 0.152. The second kappa shape index (κ2) is 5.32. The zero-order valence-corrected chi connectivity index (χ0v) is 9.79. The first-order valence-corrected chi connectivity index (χ1v) is 6.00. The van der Waals surface area contributed by atoms with E-state index in [4.69, 9.17) is 5.11 Å². The first-order valence-electron chi connectivity index (χ1n) is 6.00. The van der Waals surface area contributed by atoms with Gasteiger partial charge in [-0.3, -0.25) is 0 Å². The van der Waals surface area contributed by atoms with Crippen LogP contribution in [0.4, 0.5) is 5.69 Å². The fourth-order valence-corrected chi connectivity index (χ4v) is 2.08. The van der Waals surface area contributed by atoms with E-state index >= 15 is 0 Å². The summed E-state index contributed by atoms with van der Waals surface area (Å²) in [5, 5.41) is 15.8. The van der Waals surface area contributed by atoms with Gasteiger partial charge in [-0.15, -0.1) is 0 Å². The Balaban J connectivity index is 2.08. The summed E-state index contributed by atoms with van der Waals surface area (Å²) in [6.07, 6.45) is 2.39. The molecule has 1 atom stereocenters. The van der Waals surface area contributed by atoms with E-state index in [1.54, 1.807) is 0 Å². The van der Waals surface area contributed by atoms with Gasteiger partial charge >= 0.3 is 0 Å². The topological polar surface area (TPSA) is 44.3 Å². The normalized spacial score (nSPS) is 16.4. The highest BCUT2D eigenvalue weighted by Crippen LogP contribution is 2.25. The highest BCUT2D eigenvalue weighted by Gasteiger charge is 2.12. The Kier molecular flexibility index (Phi) is 3.80. The van der Waals surface area contributed by atoms with E-state index in [1.165, 1.54) is 29.7 Å². The maximum atomic E-state index is 8.97. The lowest BCUT2D eigenvalue weighted by Crippen LogP contribution is -2.29. The van der Waals surface area contributed by atoms with Gasteiger partial charge in [0.25, 0.3) is 0 Å². The molecule has 3 N–H and O–H groups in total. The average molecular weight is 220 g/mol. The van der Waals surface area contributed by atoms with Crippen molar-refractivity contribution in [3.8, 4) is 0 Å². The number of hydrogen-bond donors (Lipinski definition) is 3. The zero-order chi connectivity index (χ0) is 11.4. The highest BCUT2D eigenvalue weighted by atomic mass is 16.3. The maximum absolute atomic E-state index is 8.97. The van der Waals surface area contributed by atoms with E-state index in [9.17, 15) is 0 Å². The molecule has 2 rings (SSSR count). The molecule has 0 aromatic heterocycles. The monoisotopic (exact) mass is 220 g/mol. The standard InChI is InChI=1S/C13H20N2O/c1-10(9-16)15-8-12-5-2-4-11-6-3-7-14-13(11)12/h2,4-5,10,14-16H,3,6-9H2,1H3. The minimum Gasteiger partial charge on any atom is -0.395 e. The quantitative estimate of drug-likeness (QED) is 0.721. The van der Waals surface area contributed by atoms with Gasteiger partial charge in [0.05, 0.1) is 6.61 Å². The molecule has 0 fully saturated rings. The number of anilines is 1. The zero-order valence-electron chi connectivity index (χ0n) is 9.79. The molecule has 0 saturated carbocycles. The van der Waals surface area contributed by atoms with E-state index in [0.29, 0.717) is 0 Å². The molecular weight excluding hydrogens is 200 g/mol. The number of hydrogen-bond acceptors (Lipinski definition) is 3. The molecule has 0 saturated heterocycles. The second-order valence-electron chi connectivity index (χ2n) is 4.45. The number of aliphatic hydroxyl groups is 1. The van der Waals surface area contributed by atoms with Gasteiger partial charge in [0.1, 0.15) is 0 Å². The summed E-state index contributed by atoms with van der Waals surface area (Å²) in [6, 6.07) is 6.61. The third kappa shape index (κ3) is 2.54. The van der Waals surface area contributed by atoms with E-state index in [2.05, 4.69) is 28.8 Å². The second-order valence-corrected chi connectivity index (χ2v) is 4.45. The molecule has 1 aliphatic rings. The molecule has 0 spiro atoms. The first kappa shape index (κ1) is 11.4. The Morgan fingerprint density at radius 2 is 2.38 bits per heavy atom. The molecule has 0 radical (unpaired) electrons. The fraction of sp³-hybridized carbons (Fsp3) is 0.538. The van der Waals surface area contributed by atoms with Crippen LogP contribution in [0.5, 0.6) is 0 Å². The van der Waals surface area contributed by atoms with Crippen LogP contribution >= 0.6 is 0 Å². The summed E-state index contributed by atoms with van der Waals surface area (Å²) in [5.41, 5.74) is 4.02. The molecule has 3 heteroatoms. The average Bonchev–Trinajstić information content (AvgIpc) is 2.35. The van der Waals surface area contributed by atoms with Crippen molar-refractivity contribution in [2.75, 3.05) is 18.5 Å². The lowest BCUT2D eigenvalue weighted by atomic mass is 9.99. The van der Waals surface area contributed by atoms with Gasteiger partial charge < -0.3 is 15.7 Å². The van der Waals surface area contributed by atoms with Gasteiger partial charge in [0, 0.05) is 24.8 Å². The molecular formula is C13H20N2O. The van der Waals surface area contributed by atoms with Gasteiger partial charge in [-0.2, -0.15) is 0 Å².